The van der Waals surface area contributed by atoms with E-state index >= 15 is 0 Å². The number of nitrogens with zero attached hydrogens (tertiary/aromatic N) is 1. The molecule has 20 heavy (non-hydrogen) atoms. The van der Waals surface area contributed by atoms with Gasteiger partial charge in [0.15, 0.2) is 0 Å². The van der Waals surface area contributed by atoms with Gasteiger partial charge in [0.25, 0.3) is 0 Å². The molecule has 1 aliphatic rings. The Morgan fingerprint density at radius 2 is 2.10 bits per heavy atom. The first kappa shape index (κ1) is 15.5. The van der Waals surface area contributed by atoms with Gasteiger partial charge in [-0.25, -0.2) is 0 Å². The maximum atomic E-state index is 6.02. The van der Waals surface area contributed by atoms with E-state index in [2.05, 4.69) is 44.0 Å². The Labute approximate surface area is 123 Å². The molecule has 1 saturated heterocycles. The van der Waals surface area contributed by atoms with Crippen LogP contribution < -0.4 is 5.73 Å². The number of hydrogen-bond acceptors (Lipinski definition) is 3. The Morgan fingerprint density at radius 1 is 1.30 bits per heavy atom. The van der Waals surface area contributed by atoms with Crippen LogP contribution in [-0.4, -0.2) is 37.7 Å². The molecule has 2 atom stereocenters. The monoisotopic (exact) mass is 276 g/mol. The van der Waals surface area contributed by atoms with Crippen molar-refractivity contribution in [3.8, 4) is 0 Å². The Bertz CT molecular complexity index is 427. The highest BCUT2D eigenvalue weighted by atomic mass is 16.5. The van der Waals surface area contributed by atoms with Crippen molar-refractivity contribution in [3.63, 3.8) is 0 Å². The summed E-state index contributed by atoms with van der Waals surface area (Å²) in [6, 6.07) is 6.95. The minimum atomic E-state index is 0.278. The number of ether oxygens (including phenoxy) is 1. The summed E-state index contributed by atoms with van der Waals surface area (Å²) in [5.41, 5.74) is 10.0. The van der Waals surface area contributed by atoms with E-state index < -0.39 is 0 Å². The molecule has 0 bridgehead atoms. The van der Waals surface area contributed by atoms with Gasteiger partial charge in [0, 0.05) is 25.7 Å². The molecule has 2 rings (SSSR count). The van der Waals surface area contributed by atoms with Gasteiger partial charge in [-0.15, -0.1) is 0 Å². The van der Waals surface area contributed by atoms with Gasteiger partial charge in [-0.05, 0) is 56.8 Å². The molecule has 0 aliphatic carbocycles. The lowest BCUT2D eigenvalue weighted by Gasteiger charge is -2.32. The predicted octanol–water partition coefficient (Wildman–Crippen LogP) is 2.80. The molecule has 1 fully saturated rings. The summed E-state index contributed by atoms with van der Waals surface area (Å²) in [6.45, 7) is 6.84. The van der Waals surface area contributed by atoms with E-state index in [0.29, 0.717) is 12.6 Å². The molecule has 0 radical (unpaired) electrons. The third-order valence-electron chi connectivity index (χ3n) is 4.44. The van der Waals surface area contributed by atoms with Crippen LogP contribution in [0, 0.1) is 13.8 Å². The van der Waals surface area contributed by atoms with Crippen LogP contribution in [0.15, 0.2) is 18.2 Å². The van der Waals surface area contributed by atoms with E-state index in [1.165, 1.54) is 36.0 Å². The van der Waals surface area contributed by atoms with Crippen molar-refractivity contribution < 1.29 is 4.74 Å². The van der Waals surface area contributed by atoms with Crippen LogP contribution in [-0.2, 0) is 4.74 Å². The van der Waals surface area contributed by atoms with E-state index in [9.17, 15) is 0 Å². The van der Waals surface area contributed by atoms with E-state index in [0.717, 1.165) is 13.2 Å². The number of benzene rings is 1. The van der Waals surface area contributed by atoms with Crippen LogP contribution in [0.25, 0.3) is 0 Å². The number of rotatable bonds is 5. The van der Waals surface area contributed by atoms with Crippen LogP contribution in [0.5, 0.6) is 0 Å². The maximum absolute atomic E-state index is 6.02. The molecule has 0 spiro atoms. The zero-order chi connectivity index (χ0) is 14.5. The number of aryl methyl sites for hydroxylation is 2. The lowest BCUT2D eigenvalue weighted by Crippen LogP contribution is -2.38. The van der Waals surface area contributed by atoms with Crippen molar-refractivity contribution in [2.45, 2.75) is 45.3 Å². The molecule has 2 unspecified atom stereocenters. The van der Waals surface area contributed by atoms with Crippen LogP contribution in [0.2, 0.25) is 0 Å². The van der Waals surface area contributed by atoms with Crippen LogP contribution >= 0.6 is 0 Å². The Kier molecular flexibility index (Phi) is 5.58. The lowest BCUT2D eigenvalue weighted by atomic mass is 9.99. The van der Waals surface area contributed by atoms with Gasteiger partial charge in [0.05, 0.1) is 6.10 Å². The maximum Gasteiger partial charge on any atom is 0.0702 e. The highest BCUT2D eigenvalue weighted by Crippen LogP contribution is 2.23. The molecule has 0 aromatic heterocycles. The molecule has 3 nitrogen and oxygen atoms in total. The molecular formula is C17H28N2O. The summed E-state index contributed by atoms with van der Waals surface area (Å²) in [6.07, 6.45) is 4.04. The van der Waals surface area contributed by atoms with Crippen LogP contribution in [0.4, 0.5) is 0 Å². The summed E-state index contributed by atoms with van der Waals surface area (Å²) in [5.74, 6) is 0. The van der Waals surface area contributed by atoms with E-state index in [4.69, 9.17) is 10.5 Å². The van der Waals surface area contributed by atoms with Crippen molar-refractivity contribution in [1.82, 2.24) is 4.90 Å². The summed E-state index contributed by atoms with van der Waals surface area (Å²) in [5, 5.41) is 0. The second-order valence-corrected chi connectivity index (χ2v) is 6.02. The molecule has 0 saturated carbocycles. The van der Waals surface area contributed by atoms with Crippen molar-refractivity contribution in [2.75, 3.05) is 26.7 Å². The second-order valence-electron chi connectivity index (χ2n) is 6.02. The Morgan fingerprint density at radius 3 is 2.70 bits per heavy atom. The molecule has 0 amide bonds. The lowest BCUT2D eigenvalue weighted by molar-refractivity contribution is -0.00777. The molecule has 1 aliphatic heterocycles. The topological polar surface area (TPSA) is 38.5 Å². The zero-order valence-electron chi connectivity index (χ0n) is 13.1. The van der Waals surface area contributed by atoms with Crippen molar-refractivity contribution in [2.24, 2.45) is 5.73 Å². The first-order chi connectivity index (χ1) is 9.61. The molecule has 2 N–H and O–H groups in total. The average Bonchev–Trinajstić information content (AvgIpc) is 2.44. The van der Waals surface area contributed by atoms with Crippen LogP contribution in [0.1, 0.15) is 42.0 Å². The summed E-state index contributed by atoms with van der Waals surface area (Å²) < 4.78 is 5.84. The first-order valence-corrected chi connectivity index (χ1v) is 7.71. The largest absolute Gasteiger partial charge is 0.377 e. The van der Waals surface area contributed by atoms with Gasteiger partial charge in [-0.3, -0.25) is 4.90 Å². The average molecular weight is 276 g/mol. The van der Waals surface area contributed by atoms with Gasteiger partial charge in [0.1, 0.15) is 0 Å². The van der Waals surface area contributed by atoms with Crippen molar-refractivity contribution in [1.29, 1.82) is 0 Å². The molecule has 112 valence electrons. The number of nitrogens with two attached hydrogens (primary N) is 1. The second kappa shape index (κ2) is 7.21. The molecular weight excluding hydrogens is 248 g/mol. The minimum absolute atomic E-state index is 0.278. The van der Waals surface area contributed by atoms with E-state index in [1.807, 2.05) is 0 Å². The standard InChI is InChI=1S/C17H28N2O/c1-13-7-8-15(10-14(13)2)17(11-18)19(3)12-16-6-4-5-9-20-16/h7-8,10,16-17H,4-6,9,11-12,18H2,1-3H3. The smallest absolute Gasteiger partial charge is 0.0702 e. The number of likely N-dealkylation sites (N-methyl/N-ethyl adjacent to an activating group) is 1. The van der Waals surface area contributed by atoms with Crippen molar-refractivity contribution >= 4 is 0 Å². The minimum Gasteiger partial charge on any atom is -0.377 e. The fourth-order valence-electron chi connectivity index (χ4n) is 2.94. The molecule has 1 aromatic carbocycles. The van der Waals surface area contributed by atoms with Gasteiger partial charge in [0.2, 0.25) is 0 Å². The number of hydrogen-bond donors (Lipinski definition) is 1. The predicted molar refractivity (Wildman–Crippen MR) is 83.9 cm³/mol. The zero-order valence-corrected chi connectivity index (χ0v) is 13.1. The van der Waals surface area contributed by atoms with Gasteiger partial charge in [-0.2, -0.15) is 0 Å². The molecule has 1 heterocycles. The molecule has 1 aromatic rings. The Balaban J connectivity index is 2.03. The van der Waals surface area contributed by atoms with Gasteiger partial charge >= 0.3 is 0 Å². The molecule has 3 heteroatoms. The quantitative estimate of drug-likeness (QED) is 0.898. The van der Waals surface area contributed by atoms with E-state index in [1.54, 1.807) is 0 Å². The first-order valence-electron chi connectivity index (χ1n) is 7.71. The Hall–Kier alpha value is -0.900. The highest BCUT2D eigenvalue weighted by Gasteiger charge is 2.21. The van der Waals surface area contributed by atoms with Gasteiger partial charge < -0.3 is 10.5 Å². The SMILES string of the molecule is Cc1ccc(C(CN)N(C)CC2CCCCO2)cc1C. The van der Waals surface area contributed by atoms with Gasteiger partial charge in [-0.1, -0.05) is 18.2 Å². The van der Waals surface area contributed by atoms with Crippen molar-refractivity contribution in [3.05, 3.63) is 34.9 Å². The van der Waals surface area contributed by atoms with Crippen LogP contribution in [0.3, 0.4) is 0 Å². The summed E-state index contributed by atoms with van der Waals surface area (Å²) >= 11 is 0. The highest BCUT2D eigenvalue weighted by molar-refractivity contribution is 5.31. The third kappa shape index (κ3) is 3.81. The van der Waals surface area contributed by atoms with E-state index in [-0.39, 0.29) is 6.04 Å². The fraction of sp³-hybridized carbons (Fsp3) is 0.647. The fourth-order valence-corrected chi connectivity index (χ4v) is 2.94. The summed E-state index contributed by atoms with van der Waals surface area (Å²) in [4.78, 5) is 2.35. The third-order valence-corrected chi connectivity index (χ3v) is 4.44. The normalized spacial score (nSPS) is 21.1. The summed E-state index contributed by atoms with van der Waals surface area (Å²) in [7, 11) is 2.16.